The van der Waals surface area contributed by atoms with E-state index in [2.05, 4.69) is 11.8 Å². The minimum Gasteiger partial charge on any atom is -0.374 e. The minimum atomic E-state index is -0.176. The maximum Gasteiger partial charge on any atom is 0.123 e. The smallest absolute Gasteiger partial charge is 0.123 e. The zero-order valence-electron chi connectivity index (χ0n) is 10.8. The van der Waals surface area contributed by atoms with Crippen LogP contribution in [0.2, 0.25) is 0 Å². The second-order valence-electron chi connectivity index (χ2n) is 4.96. The number of morpholine rings is 1. The monoisotopic (exact) mass is 271 g/mol. The van der Waals surface area contributed by atoms with Gasteiger partial charge in [0.25, 0.3) is 0 Å². The first-order valence-electron chi connectivity index (χ1n) is 6.26. The van der Waals surface area contributed by atoms with Gasteiger partial charge in [0.05, 0.1) is 12.7 Å². The summed E-state index contributed by atoms with van der Waals surface area (Å²) in [5.74, 6) is 0.343. The standard InChI is InChI=1S/C14H19ClFNO/c1-10-5-13(16)4-3-12(10)7-17-8-14(6-15)18-9-11(17)2/h3-5,11,14H,6-9H2,1-2H3. The number of benzene rings is 1. The summed E-state index contributed by atoms with van der Waals surface area (Å²) in [5.41, 5.74) is 2.16. The highest BCUT2D eigenvalue weighted by Crippen LogP contribution is 2.18. The van der Waals surface area contributed by atoms with Crippen LogP contribution in [0.1, 0.15) is 18.1 Å². The Morgan fingerprint density at radius 1 is 1.50 bits per heavy atom. The normalized spacial score (nSPS) is 25.3. The van der Waals surface area contributed by atoms with Crippen LogP contribution in [0.15, 0.2) is 18.2 Å². The average molecular weight is 272 g/mol. The van der Waals surface area contributed by atoms with Gasteiger partial charge in [-0.05, 0) is 37.1 Å². The van der Waals surface area contributed by atoms with E-state index in [1.165, 1.54) is 11.6 Å². The van der Waals surface area contributed by atoms with Gasteiger partial charge in [-0.15, -0.1) is 11.6 Å². The first-order valence-corrected chi connectivity index (χ1v) is 6.80. The SMILES string of the molecule is Cc1cc(F)ccc1CN1CC(CCl)OCC1C. The Morgan fingerprint density at radius 3 is 2.94 bits per heavy atom. The number of aryl methyl sites for hydroxylation is 1. The lowest BCUT2D eigenvalue weighted by atomic mass is 10.1. The molecule has 0 spiro atoms. The Labute approximate surface area is 113 Å². The molecule has 1 aliphatic rings. The van der Waals surface area contributed by atoms with Crippen LogP contribution in [0.25, 0.3) is 0 Å². The van der Waals surface area contributed by atoms with Crippen LogP contribution >= 0.6 is 11.6 Å². The maximum absolute atomic E-state index is 13.1. The van der Waals surface area contributed by atoms with E-state index in [1.807, 2.05) is 13.0 Å². The minimum absolute atomic E-state index is 0.101. The second-order valence-corrected chi connectivity index (χ2v) is 5.27. The van der Waals surface area contributed by atoms with Crippen LogP contribution in [0, 0.1) is 12.7 Å². The molecule has 0 aliphatic carbocycles. The molecule has 100 valence electrons. The Morgan fingerprint density at radius 2 is 2.28 bits per heavy atom. The topological polar surface area (TPSA) is 12.5 Å². The summed E-state index contributed by atoms with van der Waals surface area (Å²) in [6, 6.07) is 5.34. The van der Waals surface area contributed by atoms with E-state index >= 15 is 0 Å². The van der Waals surface area contributed by atoms with Gasteiger partial charge in [-0.25, -0.2) is 4.39 Å². The molecular formula is C14H19ClFNO. The first-order chi connectivity index (χ1) is 8.60. The summed E-state index contributed by atoms with van der Waals surface area (Å²) in [5, 5.41) is 0. The number of halogens is 2. The molecule has 1 aromatic rings. The lowest BCUT2D eigenvalue weighted by molar-refractivity contribution is -0.0511. The summed E-state index contributed by atoms with van der Waals surface area (Å²) in [6.45, 7) is 6.45. The van der Waals surface area contributed by atoms with Crippen LogP contribution in [0.3, 0.4) is 0 Å². The molecule has 0 radical (unpaired) electrons. The van der Waals surface area contributed by atoms with Crippen molar-refractivity contribution in [1.29, 1.82) is 0 Å². The van der Waals surface area contributed by atoms with Gasteiger partial charge in [0, 0.05) is 25.0 Å². The number of hydrogen-bond donors (Lipinski definition) is 0. The second kappa shape index (κ2) is 6.00. The number of ether oxygens (including phenoxy) is 1. The third-order valence-electron chi connectivity index (χ3n) is 3.48. The van der Waals surface area contributed by atoms with Gasteiger partial charge in [-0.1, -0.05) is 6.07 Å². The molecule has 0 amide bonds. The van der Waals surface area contributed by atoms with E-state index in [1.54, 1.807) is 6.07 Å². The van der Waals surface area contributed by atoms with Crippen molar-refractivity contribution in [2.75, 3.05) is 19.0 Å². The molecule has 0 bridgehead atoms. The molecule has 1 aliphatic heterocycles. The molecule has 2 rings (SSSR count). The summed E-state index contributed by atoms with van der Waals surface area (Å²) in [6.07, 6.45) is 0.101. The highest BCUT2D eigenvalue weighted by atomic mass is 35.5. The predicted molar refractivity (Wildman–Crippen MR) is 71.5 cm³/mol. The van der Waals surface area contributed by atoms with Gasteiger partial charge in [0.1, 0.15) is 5.82 Å². The summed E-state index contributed by atoms with van der Waals surface area (Å²) < 4.78 is 18.7. The number of nitrogens with zero attached hydrogens (tertiary/aromatic N) is 1. The molecule has 4 heteroatoms. The Bertz CT molecular complexity index is 413. The molecule has 2 unspecified atom stereocenters. The Balaban J connectivity index is 2.07. The van der Waals surface area contributed by atoms with Crippen LogP contribution in [0.4, 0.5) is 4.39 Å². The van der Waals surface area contributed by atoms with Gasteiger partial charge in [-0.3, -0.25) is 4.90 Å². The van der Waals surface area contributed by atoms with E-state index in [-0.39, 0.29) is 11.9 Å². The number of rotatable bonds is 3. The van der Waals surface area contributed by atoms with Crippen molar-refractivity contribution < 1.29 is 9.13 Å². The highest BCUT2D eigenvalue weighted by Gasteiger charge is 2.25. The number of hydrogen-bond acceptors (Lipinski definition) is 2. The van der Waals surface area contributed by atoms with Crippen LogP contribution in [0.5, 0.6) is 0 Å². The zero-order chi connectivity index (χ0) is 13.1. The number of alkyl halides is 1. The molecule has 0 aromatic heterocycles. The lowest BCUT2D eigenvalue weighted by Gasteiger charge is -2.37. The summed E-state index contributed by atoms with van der Waals surface area (Å²) >= 11 is 5.85. The van der Waals surface area contributed by atoms with Crippen LogP contribution in [-0.4, -0.2) is 36.1 Å². The quantitative estimate of drug-likeness (QED) is 0.784. The van der Waals surface area contributed by atoms with Gasteiger partial charge in [0.15, 0.2) is 0 Å². The van der Waals surface area contributed by atoms with Gasteiger partial charge in [-0.2, -0.15) is 0 Å². The zero-order valence-corrected chi connectivity index (χ0v) is 11.6. The third kappa shape index (κ3) is 3.22. The van der Waals surface area contributed by atoms with Gasteiger partial charge in [0.2, 0.25) is 0 Å². The molecular weight excluding hydrogens is 253 g/mol. The molecule has 18 heavy (non-hydrogen) atoms. The molecule has 1 heterocycles. The van der Waals surface area contributed by atoms with Crippen molar-refractivity contribution in [3.05, 3.63) is 35.1 Å². The van der Waals surface area contributed by atoms with Crippen molar-refractivity contribution >= 4 is 11.6 Å². The van der Waals surface area contributed by atoms with E-state index in [4.69, 9.17) is 16.3 Å². The van der Waals surface area contributed by atoms with Crippen molar-refractivity contribution in [3.63, 3.8) is 0 Å². The fraction of sp³-hybridized carbons (Fsp3) is 0.571. The maximum atomic E-state index is 13.1. The fourth-order valence-corrected chi connectivity index (χ4v) is 2.43. The molecule has 1 saturated heterocycles. The van der Waals surface area contributed by atoms with E-state index < -0.39 is 0 Å². The van der Waals surface area contributed by atoms with Crippen molar-refractivity contribution in [2.24, 2.45) is 0 Å². The lowest BCUT2D eigenvalue weighted by Crippen LogP contribution is -2.48. The van der Waals surface area contributed by atoms with Crippen molar-refractivity contribution in [3.8, 4) is 0 Å². The Hall–Kier alpha value is -0.640. The Kier molecular flexibility index (Phi) is 4.60. The first kappa shape index (κ1) is 13.8. The van der Waals surface area contributed by atoms with Crippen LogP contribution in [-0.2, 0) is 11.3 Å². The van der Waals surface area contributed by atoms with Crippen LogP contribution < -0.4 is 0 Å². The van der Waals surface area contributed by atoms with Crippen molar-refractivity contribution in [1.82, 2.24) is 4.90 Å². The van der Waals surface area contributed by atoms with Gasteiger partial charge < -0.3 is 4.74 Å². The highest BCUT2D eigenvalue weighted by molar-refractivity contribution is 6.18. The average Bonchev–Trinajstić information content (AvgIpc) is 2.35. The third-order valence-corrected chi connectivity index (χ3v) is 3.83. The molecule has 1 fully saturated rings. The largest absolute Gasteiger partial charge is 0.374 e. The predicted octanol–water partition coefficient (Wildman–Crippen LogP) is 2.96. The fourth-order valence-electron chi connectivity index (χ4n) is 2.24. The summed E-state index contributed by atoms with van der Waals surface area (Å²) in [4.78, 5) is 2.34. The van der Waals surface area contributed by atoms with E-state index in [9.17, 15) is 4.39 Å². The van der Waals surface area contributed by atoms with E-state index in [0.29, 0.717) is 18.5 Å². The summed E-state index contributed by atoms with van der Waals surface area (Å²) in [7, 11) is 0. The van der Waals surface area contributed by atoms with Gasteiger partial charge >= 0.3 is 0 Å². The molecule has 2 nitrogen and oxygen atoms in total. The van der Waals surface area contributed by atoms with Crippen molar-refractivity contribution in [2.45, 2.75) is 32.5 Å². The molecule has 0 N–H and O–H groups in total. The molecule has 2 atom stereocenters. The molecule has 1 aromatic carbocycles. The molecule has 0 saturated carbocycles. The van der Waals surface area contributed by atoms with E-state index in [0.717, 1.165) is 18.7 Å².